The minimum absolute atomic E-state index is 0.557. The van der Waals surface area contributed by atoms with Crippen molar-refractivity contribution in [3.63, 3.8) is 0 Å². The van der Waals surface area contributed by atoms with Gasteiger partial charge in [0, 0.05) is 0 Å². The average Bonchev–Trinajstić information content (AvgIpc) is 3.20. The molecule has 1 aliphatic carbocycles. The molecular formula is C29H32Si. The molecule has 4 rings (SSSR count). The summed E-state index contributed by atoms with van der Waals surface area (Å²) in [5, 5.41) is 6.07. The standard InChI is InChI=1S/C29H32Si/c1-21(2)25-15-16-29(20-25)30(26-12-6-9-22(3)17-26,27-13-7-10-23(4)18-27)28-14-8-11-24(5)19-28/h6-15,17-21H,16H2,1-5H3. The van der Waals surface area contributed by atoms with Crippen LogP contribution < -0.4 is 15.6 Å². The lowest BCUT2D eigenvalue weighted by atomic mass is 10.1. The molecule has 0 bridgehead atoms. The molecule has 0 radical (unpaired) electrons. The van der Waals surface area contributed by atoms with Gasteiger partial charge in [0.05, 0.1) is 0 Å². The van der Waals surface area contributed by atoms with Crippen molar-refractivity contribution in [2.75, 3.05) is 0 Å². The molecule has 1 heteroatoms. The Morgan fingerprint density at radius 3 is 1.43 bits per heavy atom. The number of hydrogen-bond acceptors (Lipinski definition) is 0. The van der Waals surface area contributed by atoms with Crippen LogP contribution in [0.4, 0.5) is 0 Å². The van der Waals surface area contributed by atoms with E-state index in [1.165, 1.54) is 37.8 Å². The summed E-state index contributed by atoms with van der Waals surface area (Å²) in [5.74, 6) is 0.557. The van der Waals surface area contributed by atoms with Crippen molar-refractivity contribution >= 4 is 23.6 Å². The summed E-state index contributed by atoms with van der Waals surface area (Å²) in [6, 6.07) is 27.8. The summed E-state index contributed by atoms with van der Waals surface area (Å²) in [5.41, 5.74) is 5.48. The lowest BCUT2D eigenvalue weighted by molar-refractivity contribution is 0.793. The number of allylic oxidation sites excluding steroid dienone is 4. The molecule has 0 heterocycles. The number of aryl methyl sites for hydroxylation is 3. The van der Waals surface area contributed by atoms with E-state index in [4.69, 9.17) is 0 Å². The minimum Gasteiger partial charge on any atom is -0.0773 e. The van der Waals surface area contributed by atoms with Crippen LogP contribution in [0.15, 0.2) is 95.7 Å². The highest BCUT2D eigenvalue weighted by Crippen LogP contribution is 2.30. The van der Waals surface area contributed by atoms with Crippen molar-refractivity contribution < 1.29 is 0 Å². The second-order valence-electron chi connectivity index (χ2n) is 9.09. The van der Waals surface area contributed by atoms with E-state index in [1.807, 2.05) is 0 Å². The molecular weight excluding hydrogens is 376 g/mol. The molecule has 30 heavy (non-hydrogen) atoms. The van der Waals surface area contributed by atoms with Gasteiger partial charge < -0.3 is 0 Å². The first kappa shape index (κ1) is 20.6. The zero-order chi connectivity index (χ0) is 21.3. The summed E-state index contributed by atoms with van der Waals surface area (Å²) < 4.78 is 0. The van der Waals surface area contributed by atoms with Gasteiger partial charge in [0.25, 0.3) is 0 Å². The normalized spacial score (nSPS) is 14.1. The van der Waals surface area contributed by atoms with Gasteiger partial charge in [-0.05, 0) is 54.2 Å². The van der Waals surface area contributed by atoms with Crippen molar-refractivity contribution in [1.82, 2.24) is 0 Å². The summed E-state index contributed by atoms with van der Waals surface area (Å²) >= 11 is 0. The van der Waals surface area contributed by atoms with Crippen molar-refractivity contribution in [3.05, 3.63) is 112 Å². The van der Waals surface area contributed by atoms with Crippen LogP contribution in [-0.2, 0) is 0 Å². The SMILES string of the molecule is Cc1cccc([Si](C2=CC(C(C)C)=CC2)(c2cccc(C)c2)c2cccc(C)c2)c1. The van der Waals surface area contributed by atoms with Crippen LogP contribution in [0.2, 0.25) is 0 Å². The van der Waals surface area contributed by atoms with Gasteiger partial charge in [-0.15, -0.1) is 0 Å². The molecule has 0 fully saturated rings. The molecule has 0 nitrogen and oxygen atoms in total. The van der Waals surface area contributed by atoms with E-state index in [1.54, 1.807) is 5.20 Å². The molecule has 0 unspecified atom stereocenters. The number of benzene rings is 3. The molecule has 0 saturated carbocycles. The third kappa shape index (κ3) is 3.63. The maximum atomic E-state index is 2.53. The minimum atomic E-state index is -2.36. The zero-order valence-electron chi connectivity index (χ0n) is 18.9. The molecule has 1 aliphatic rings. The van der Waals surface area contributed by atoms with Crippen molar-refractivity contribution in [2.24, 2.45) is 5.92 Å². The Labute approximate surface area is 183 Å². The summed E-state index contributed by atoms with van der Waals surface area (Å²) in [4.78, 5) is 0. The van der Waals surface area contributed by atoms with E-state index in [0.717, 1.165) is 6.42 Å². The Bertz CT molecular complexity index is 1020. The Kier molecular flexibility index (Phi) is 5.66. The average molecular weight is 409 g/mol. The second kappa shape index (κ2) is 8.24. The third-order valence-corrected chi connectivity index (χ3v) is 11.2. The lowest BCUT2D eigenvalue weighted by Gasteiger charge is -2.36. The highest BCUT2D eigenvalue weighted by Gasteiger charge is 2.43. The topological polar surface area (TPSA) is 0 Å². The third-order valence-electron chi connectivity index (χ3n) is 6.40. The molecule has 0 amide bonds. The molecule has 0 spiro atoms. The lowest BCUT2D eigenvalue weighted by Crippen LogP contribution is -2.68. The smallest absolute Gasteiger partial charge is 0.0773 e. The predicted molar refractivity (Wildman–Crippen MR) is 134 cm³/mol. The second-order valence-corrected chi connectivity index (χ2v) is 13.0. The molecule has 0 aromatic heterocycles. The van der Waals surface area contributed by atoms with Crippen molar-refractivity contribution in [1.29, 1.82) is 0 Å². The van der Waals surface area contributed by atoms with Crippen LogP contribution in [0.3, 0.4) is 0 Å². The summed E-state index contributed by atoms with van der Waals surface area (Å²) in [7, 11) is -2.36. The fourth-order valence-corrected chi connectivity index (χ4v) is 10.2. The van der Waals surface area contributed by atoms with Crippen LogP contribution in [0.25, 0.3) is 0 Å². The van der Waals surface area contributed by atoms with Gasteiger partial charge in [-0.25, -0.2) is 0 Å². The quantitative estimate of drug-likeness (QED) is 0.384. The molecule has 0 saturated heterocycles. The fourth-order valence-electron chi connectivity index (χ4n) is 4.90. The first-order valence-corrected chi connectivity index (χ1v) is 13.0. The molecule has 0 aliphatic heterocycles. The predicted octanol–water partition coefficient (Wildman–Crippen LogP) is 5.53. The van der Waals surface area contributed by atoms with E-state index in [2.05, 4.69) is 120 Å². The maximum Gasteiger partial charge on any atom is 0.175 e. The first-order valence-electron chi connectivity index (χ1n) is 11.0. The van der Waals surface area contributed by atoms with Crippen LogP contribution in [-0.4, -0.2) is 8.07 Å². The van der Waals surface area contributed by atoms with Gasteiger partial charge in [0.15, 0.2) is 8.07 Å². The van der Waals surface area contributed by atoms with Crippen molar-refractivity contribution in [2.45, 2.75) is 41.0 Å². The van der Waals surface area contributed by atoms with Gasteiger partial charge in [-0.2, -0.15) is 0 Å². The number of rotatable bonds is 5. The zero-order valence-corrected chi connectivity index (χ0v) is 19.9. The molecule has 0 atom stereocenters. The fraction of sp³-hybridized carbons (Fsp3) is 0.241. The van der Waals surface area contributed by atoms with Gasteiger partial charge in [0.2, 0.25) is 0 Å². The summed E-state index contributed by atoms with van der Waals surface area (Å²) in [6.07, 6.45) is 6.04. The highest BCUT2D eigenvalue weighted by atomic mass is 28.3. The van der Waals surface area contributed by atoms with Crippen LogP contribution in [0, 0.1) is 26.7 Å². The van der Waals surface area contributed by atoms with E-state index >= 15 is 0 Å². The van der Waals surface area contributed by atoms with E-state index in [0.29, 0.717) is 5.92 Å². The largest absolute Gasteiger partial charge is 0.175 e. The van der Waals surface area contributed by atoms with E-state index in [-0.39, 0.29) is 0 Å². The Morgan fingerprint density at radius 1 is 0.667 bits per heavy atom. The van der Waals surface area contributed by atoms with Gasteiger partial charge in [-0.3, -0.25) is 0 Å². The molecule has 3 aromatic carbocycles. The van der Waals surface area contributed by atoms with Crippen LogP contribution >= 0.6 is 0 Å². The maximum absolute atomic E-state index is 2.53. The Hall–Kier alpha value is -2.64. The van der Waals surface area contributed by atoms with Gasteiger partial charge in [-0.1, -0.05) is 121 Å². The van der Waals surface area contributed by atoms with E-state index in [9.17, 15) is 0 Å². The Morgan fingerprint density at radius 2 is 1.10 bits per heavy atom. The van der Waals surface area contributed by atoms with Crippen LogP contribution in [0.1, 0.15) is 37.0 Å². The molecule has 152 valence electrons. The number of hydrogen-bond donors (Lipinski definition) is 0. The monoisotopic (exact) mass is 408 g/mol. The van der Waals surface area contributed by atoms with Crippen molar-refractivity contribution in [3.8, 4) is 0 Å². The van der Waals surface area contributed by atoms with Gasteiger partial charge in [0.1, 0.15) is 0 Å². The van der Waals surface area contributed by atoms with Gasteiger partial charge >= 0.3 is 0 Å². The molecule has 0 N–H and O–H groups in total. The molecule has 3 aromatic rings. The Balaban J connectivity index is 2.10. The summed E-state index contributed by atoms with van der Waals surface area (Å²) in [6.45, 7) is 11.3. The highest BCUT2D eigenvalue weighted by molar-refractivity contribution is 7.16. The van der Waals surface area contributed by atoms with E-state index < -0.39 is 8.07 Å². The van der Waals surface area contributed by atoms with Crippen LogP contribution in [0.5, 0.6) is 0 Å². The first-order chi connectivity index (χ1) is 14.4.